The lowest BCUT2D eigenvalue weighted by Gasteiger charge is -2.27. The Kier molecular flexibility index (Phi) is 3.56. The van der Waals surface area contributed by atoms with Crippen LogP contribution in [0.5, 0.6) is 0 Å². The van der Waals surface area contributed by atoms with E-state index >= 15 is 0 Å². The first-order valence-electron chi connectivity index (χ1n) is 5.52. The molecule has 0 amide bonds. The predicted molar refractivity (Wildman–Crippen MR) is 60.4 cm³/mol. The molecule has 9 heteroatoms. The van der Waals surface area contributed by atoms with Crippen molar-refractivity contribution in [2.24, 2.45) is 0 Å². The second kappa shape index (κ2) is 4.87. The number of rotatable bonds is 3. The van der Waals surface area contributed by atoms with Crippen LogP contribution in [0.3, 0.4) is 0 Å². The molecule has 2 rings (SSSR count). The van der Waals surface area contributed by atoms with Gasteiger partial charge in [0.2, 0.25) is 0 Å². The van der Waals surface area contributed by atoms with Crippen LogP contribution in [0.15, 0.2) is 21.9 Å². The molecule has 0 aliphatic carbocycles. The summed E-state index contributed by atoms with van der Waals surface area (Å²) in [5, 5.41) is 38.0. The quantitative estimate of drug-likeness (QED) is 0.384. The van der Waals surface area contributed by atoms with Crippen LogP contribution in [0, 0.1) is 0 Å². The lowest BCUT2D eigenvalue weighted by molar-refractivity contribution is -0.150. The van der Waals surface area contributed by atoms with Crippen LogP contribution in [0.25, 0.3) is 0 Å². The molecule has 9 nitrogen and oxygen atoms in total. The predicted octanol–water partition coefficient (Wildman–Crippen LogP) is -3.49. The summed E-state index contributed by atoms with van der Waals surface area (Å²) in [6.45, 7) is -1.48. The van der Waals surface area contributed by atoms with Gasteiger partial charge in [-0.15, -0.1) is 0 Å². The third-order valence-corrected chi connectivity index (χ3v) is 3.17. The van der Waals surface area contributed by atoms with Crippen LogP contribution < -0.4 is 11.2 Å². The fourth-order valence-electron chi connectivity index (χ4n) is 2.01. The second-order valence-electron chi connectivity index (χ2n) is 4.34. The maximum atomic E-state index is 11.6. The summed E-state index contributed by atoms with van der Waals surface area (Å²) < 4.78 is 6.08. The molecule has 0 radical (unpaired) electrons. The van der Waals surface area contributed by atoms with Crippen LogP contribution in [0.2, 0.25) is 0 Å². The van der Waals surface area contributed by atoms with Crippen molar-refractivity contribution in [2.75, 3.05) is 13.2 Å². The largest absolute Gasteiger partial charge is 0.393 e. The molecule has 0 spiro atoms. The number of aromatic nitrogens is 2. The van der Waals surface area contributed by atoms with Gasteiger partial charge in [-0.1, -0.05) is 0 Å². The number of aliphatic hydroxyl groups is 4. The maximum absolute atomic E-state index is 11.6. The molecule has 5 N–H and O–H groups in total. The summed E-state index contributed by atoms with van der Waals surface area (Å²) in [5.41, 5.74) is -3.22. The van der Waals surface area contributed by atoms with Gasteiger partial charge in [-0.05, 0) is 0 Å². The van der Waals surface area contributed by atoms with Gasteiger partial charge in [0, 0.05) is 12.3 Å². The fraction of sp³-hybridized carbons (Fsp3) is 0.600. The minimum atomic E-state index is -1.76. The third kappa shape index (κ3) is 2.11. The monoisotopic (exact) mass is 274 g/mol. The summed E-state index contributed by atoms with van der Waals surface area (Å²) in [6, 6.07) is 1.04. The first kappa shape index (κ1) is 13.9. The molecule has 2 heterocycles. The minimum absolute atomic E-state index is 0.620. The number of H-pyrrole nitrogens is 1. The number of ether oxygens (including phenoxy) is 1. The number of nitrogens with one attached hydrogen (secondary N) is 1. The number of hydrogen-bond acceptors (Lipinski definition) is 7. The molecule has 1 fully saturated rings. The standard InChI is InChI=1S/C10H14N2O7/c13-3-10(4-14)7(17)6(16)8(19-10)12-2-1-5(15)11-9(12)18/h1-2,6-8,13-14,16-17H,3-4H2,(H,11,15,18)/t6-,7-,8-/m0/s1. The first-order chi connectivity index (χ1) is 8.95. The van der Waals surface area contributed by atoms with E-state index in [0.29, 0.717) is 0 Å². The Bertz CT molecular complexity index is 561. The van der Waals surface area contributed by atoms with E-state index in [1.165, 1.54) is 0 Å². The van der Waals surface area contributed by atoms with Crippen LogP contribution >= 0.6 is 0 Å². The highest BCUT2D eigenvalue weighted by Gasteiger charge is 2.54. The number of nitrogens with zero attached hydrogens (tertiary/aromatic N) is 1. The number of hydrogen-bond donors (Lipinski definition) is 5. The van der Waals surface area contributed by atoms with Gasteiger partial charge in [-0.25, -0.2) is 4.79 Å². The molecule has 1 aliphatic rings. The zero-order valence-electron chi connectivity index (χ0n) is 9.76. The van der Waals surface area contributed by atoms with Crippen molar-refractivity contribution in [3.05, 3.63) is 33.1 Å². The summed E-state index contributed by atoms with van der Waals surface area (Å²) in [5.74, 6) is 0. The van der Waals surface area contributed by atoms with Gasteiger partial charge in [0.25, 0.3) is 5.56 Å². The minimum Gasteiger partial charge on any atom is -0.393 e. The average Bonchev–Trinajstić information content (AvgIpc) is 2.64. The van der Waals surface area contributed by atoms with Crippen LogP contribution in [0.4, 0.5) is 0 Å². The van der Waals surface area contributed by atoms with Gasteiger partial charge in [-0.3, -0.25) is 14.3 Å². The molecule has 1 aromatic heterocycles. The maximum Gasteiger partial charge on any atom is 0.330 e. The van der Waals surface area contributed by atoms with Crippen molar-refractivity contribution < 1.29 is 25.2 Å². The SMILES string of the molecule is O=c1ccn([C@H]2OC(CO)(CO)[C@@H](O)[C@@H]2O)c(=O)[nH]1. The Hall–Kier alpha value is -1.52. The lowest BCUT2D eigenvalue weighted by atomic mass is 9.97. The molecule has 1 aromatic rings. The Morgan fingerprint density at radius 2 is 1.95 bits per heavy atom. The zero-order valence-corrected chi connectivity index (χ0v) is 9.76. The average molecular weight is 274 g/mol. The lowest BCUT2D eigenvalue weighted by Crippen LogP contribution is -2.49. The van der Waals surface area contributed by atoms with E-state index in [1.54, 1.807) is 0 Å². The summed E-state index contributed by atoms with van der Waals surface area (Å²) >= 11 is 0. The highest BCUT2D eigenvalue weighted by atomic mass is 16.6. The van der Waals surface area contributed by atoms with Crippen molar-refractivity contribution in [1.82, 2.24) is 9.55 Å². The number of aromatic amines is 1. The van der Waals surface area contributed by atoms with Gasteiger partial charge >= 0.3 is 5.69 Å². The van der Waals surface area contributed by atoms with E-state index in [-0.39, 0.29) is 0 Å². The Labute approximate surface area is 106 Å². The number of aliphatic hydroxyl groups excluding tert-OH is 4. The van der Waals surface area contributed by atoms with Gasteiger partial charge in [0.05, 0.1) is 13.2 Å². The van der Waals surface area contributed by atoms with E-state index in [0.717, 1.165) is 16.8 Å². The van der Waals surface area contributed by atoms with E-state index < -0.39 is 48.5 Å². The Balaban J connectivity index is 2.42. The van der Waals surface area contributed by atoms with Gasteiger partial charge in [-0.2, -0.15) is 0 Å². The van der Waals surface area contributed by atoms with E-state index in [9.17, 15) is 30.0 Å². The topological polar surface area (TPSA) is 145 Å². The molecule has 0 aromatic carbocycles. The van der Waals surface area contributed by atoms with Gasteiger partial charge in [0.15, 0.2) is 6.23 Å². The van der Waals surface area contributed by atoms with E-state index in [1.807, 2.05) is 4.98 Å². The molecular formula is C10H14N2O7. The van der Waals surface area contributed by atoms with Crippen molar-refractivity contribution >= 4 is 0 Å². The molecule has 106 valence electrons. The Morgan fingerprint density at radius 1 is 1.32 bits per heavy atom. The second-order valence-corrected chi connectivity index (χ2v) is 4.34. The van der Waals surface area contributed by atoms with E-state index in [4.69, 9.17) is 4.74 Å². The summed E-state index contributed by atoms with van der Waals surface area (Å²) in [4.78, 5) is 24.5. The van der Waals surface area contributed by atoms with E-state index in [2.05, 4.69) is 0 Å². The summed E-state index contributed by atoms with van der Waals surface area (Å²) in [7, 11) is 0. The molecule has 19 heavy (non-hydrogen) atoms. The first-order valence-corrected chi connectivity index (χ1v) is 5.52. The van der Waals surface area contributed by atoms with Crippen molar-refractivity contribution in [3.63, 3.8) is 0 Å². The van der Waals surface area contributed by atoms with Crippen LogP contribution in [0.1, 0.15) is 6.23 Å². The van der Waals surface area contributed by atoms with Crippen LogP contribution in [-0.4, -0.2) is 61.0 Å². The molecule has 3 atom stereocenters. The van der Waals surface area contributed by atoms with Crippen molar-refractivity contribution in [1.29, 1.82) is 0 Å². The van der Waals surface area contributed by atoms with Crippen molar-refractivity contribution in [3.8, 4) is 0 Å². The third-order valence-electron chi connectivity index (χ3n) is 3.17. The molecule has 0 bridgehead atoms. The highest BCUT2D eigenvalue weighted by Crippen LogP contribution is 2.35. The smallest absolute Gasteiger partial charge is 0.330 e. The van der Waals surface area contributed by atoms with Gasteiger partial charge in [0.1, 0.15) is 17.8 Å². The van der Waals surface area contributed by atoms with Crippen molar-refractivity contribution in [2.45, 2.75) is 24.0 Å². The molecule has 0 saturated carbocycles. The normalized spacial score (nSPS) is 29.6. The molecule has 1 aliphatic heterocycles. The molecular weight excluding hydrogens is 260 g/mol. The zero-order chi connectivity index (χ0) is 14.2. The molecule has 0 unspecified atom stereocenters. The Morgan fingerprint density at radius 3 is 2.42 bits per heavy atom. The summed E-state index contributed by atoms with van der Waals surface area (Å²) in [6.07, 6.45) is -3.35. The highest BCUT2D eigenvalue weighted by molar-refractivity contribution is 5.01. The molecule has 1 saturated heterocycles. The van der Waals surface area contributed by atoms with Gasteiger partial charge < -0.3 is 25.2 Å². The van der Waals surface area contributed by atoms with Crippen LogP contribution in [-0.2, 0) is 4.74 Å². The fourth-order valence-corrected chi connectivity index (χ4v) is 2.01.